The third kappa shape index (κ3) is 4.93. The highest BCUT2D eigenvalue weighted by molar-refractivity contribution is 6.06. The minimum Gasteiger partial charge on any atom is -0.383 e. The van der Waals surface area contributed by atoms with Crippen LogP contribution in [-0.4, -0.2) is 32.1 Å². The second-order valence-electron chi connectivity index (χ2n) is 5.66. The van der Waals surface area contributed by atoms with Crippen molar-refractivity contribution in [3.63, 3.8) is 0 Å². The monoisotopic (exact) mass is 326 g/mol. The fourth-order valence-corrected chi connectivity index (χ4v) is 2.42. The van der Waals surface area contributed by atoms with E-state index in [0.29, 0.717) is 24.3 Å². The molecule has 0 radical (unpaired) electrons. The second kappa shape index (κ2) is 8.26. The highest BCUT2D eigenvalue weighted by Gasteiger charge is 2.11. The molecule has 2 aromatic carbocycles. The number of aryl methyl sites for hydroxylation is 2. The fourth-order valence-electron chi connectivity index (χ4n) is 2.42. The van der Waals surface area contributed by atoms with Crippen LogP contribution < -0.4 is 10.6 Å². The molecule has 0 saturated carbocycles. The van der Waals surface area contributed by atoms with Gasteiger partial charge in [-0.1, -0.05) is 12.1 Å². The predicted molar refractivity (Wildman–Crippen MR) is 94.5 cm³/mol. The Labute approximate surface area is 142 Å². The second-order valence-corrected chi connectivity index (χ2v) is 5.66. The Morgan fingerprint density at radius 2 is 1.58 bits per heavy atom. The maximum atomic E-state index is 12.4. The van der Waals surface area contributed by atoms with Gasteiger partial charge in [-0.15, -0.1) is 0 Å². The average molecular weight is 326 g/mol. The molecule has 126 valence electrons. The fraction of sp³-hybridized carbons (Fsp3) is 0.263. The topological polar surface area (TPSA) is 67.4 Å². The zero-order chi connectivity index (χ0) is 17.5. The number of ether oxygens (including phenoxy) is 1. The van der Waals surface area contributed by atoms with E-state index in [9.17, 15) is 9.59 Å². The van der Waals surface area contributed by atoms with Gasteiger partial charge in [0.1, 0.15) is 0 Å². The van der Waals surface area contributed by atoms with E-state index in [-0.39, 0.29) is 11.8 Å². The van der Waals surface area contributed by atoms with E-state index >= 15 is 0 Å². The Hall–Kier alpha value is -2.66. The number of amides is 2. The van der Waals surface area contributed by atoms with Gasteiger partial charge in [-0.05, 0) is 55.3 Å². The van der Waals surface area contributed by atoms with Gasteiger partial charge >= 0.3 is 0 Å². The van der Waals surface area contributed by atoms with E-state index in [0.717, 1.165) is 16.8 Å². The van der Waals surface area contributed by atoms with Crippen LogP contribution in [0, 0.1) is 13.8 Å². The summed E-state index contributed by atoms with van der Waals surface area (Å²) in [5, 5.41) is 5.60. The maximum absolute atomic E-state index is 12.4. The summed E-state index contributed by atoms with van der Waals surface area (Å²) in [4.78, 5) is 24.5. The van der Waals surface area contributed by atoms with E-state index in [4.69, 9.17) is 4.74 Å². The van der Waals surface area contributed by atoms with Crippen LogP contribution in [0.15, 0.2) is 42.5 Å². The molecule has 0 fully saturated rings. The summed E-state index contributed by atoms with van der Waals surface area (Å²) in [6.07, 6.45) is 0. The van der Waals surface area contributed by atoms with Gasteiger partial charge in [0.25, 0.3) is 11.8 Å². The van der Waals surface area contributed by atoms with Crippen LogP contribution in [0.4, 0.5) is 5.69 Å². The first-order chi connectivity index (χ1) is 11.5. The van der Waals surface area contributed by atoms with Gasteiger partial charge in [0.15, 0.2) is 0 Å². The first-order valence-electron chi connectivity index (χ1n) is 7.76. The molecule has 5 heteroatoms. The van der Waals surface area contributed by atoms with Crippen LogP contribution in [0.2, 0.25) is 0 Å². The van der Waals surface area contributed by atoms with Crippen molar-refractivity contribution in [1.82, 2.24) is 5.32 Å². The van der Waals surface area contributed by atoms with Gasteiger partial charge in [-0.25, -0.2) is 0 Å². The van der Waals surface area contributed by atoms with Gasteiger partial charge in [-0.2, -0.15) is 0 Å². The molecule has 2 rings (SSSR count). The number of hydrogen-bond acceptors (Lipinski definition) is 3. The molecule has 0 unspecified atom stereocenters. The van der Waals surface area contributed by atoms with Crippen molar-refractivity contribution in [2.24, 2.45) is 0 Å². The van der Waals surface area contributed by atoms with Crippen LogP contribution in [0.3, 0.4) is 0 Å². The molecule has 0 aliphatic heterocycles. The number of anilines is 1. The molecule has 24 heavy (non-hydrogen) atoms. The number of carbonyl (C=O) groups is 2. The van der Waals surface area contributed by atoms with E-state index in [1.165, 1.54) is 0 Å². The lowest BCUT2D eigenvalue weighted by molar-refractivity contribution is 0.0937. The van der Waals surface area contributed by atoms with Gasteiger partial charge in [0.05, 0.1) is 6.61 Å². The number of nitrogens with one attached hydrogen (secondary N) is 2. The average Bonchev–Trinajstić information content (AvgIpc) is 2.54. The molecule has 2 N–H and O–H groups in total. The normalized spacial score (nSPS) is 10.3. The van der Waals surface area contributed by atoms with Crippen LogP contribution in [0.1, 0.15) is 31.8 Å². The lowest BCUT2D eigenvalue weighted by Gasteiger charge is -2.09. The van der Waals surface area contributed by atoms with Crippen molar-refractivity contribution in [2.75, 3.05) is 25.6 Å². The van der Waals surface area contributed by atoms with E-state index in [2.05, 4.69) is 10.6 Å². The van der Waals surface area contributed by atoms with Crippen LogP contribution >= 0.6 is 0 Å². The number of rotatable bonds is 6. The van der Waals surface area contributed by atoms with E-state index in [1.807, 2.05) is 32.0 Å². The Balaban J connectivity index is 2.09. The lowest BCUT2D eigenvalue weighted by Crippen LogP contribution is -2.27. The molecule has 0 atom stereocenters. The summed E-state index contributed by atoms with van der Waals surface area (Å²) in [6.45, 7) is 4.83. The summed E-state index contributed by atoms with van der Waals surface area (Å²) in [6, 6.07) is 12.5. The zero-order valence-electron chi connectivity index (χ0n) is 14.2. The molecule has 0 saturated heterocycles. The molecule has 0 aliphatic rings. The first-order valence-corrected chi connectivity index (χ1v) is 7.76. The summed E-state index contributed by atoms with van der Waals surface area (Å²) < 4.78 is 4.90. The molecule has 2 amide bonds. The van der Waals surface area contributed by atoms with E-state index in [1.54, 1.807) is 31.4 Å². The van der Waals surface area contributed by atoms with Gasteiger partial charge in [0.2, 0.25) is 0 Å². The minimum absolute atomic E-state index is 0.229. The largest absolute Gasteiger partial charge is 0.383 e. The Morgan fingerprint density at radius 3 is 2.21 bits per heavy atom. The van der Waals surface area contributed by atoms with Gasteiger partial charge in [-0.3, -0.25) is 9.59 Å². The van der Waals surface area contributed by atoms with Crippen LogP contribution in [0.25, 0.3) is 0 Å². The quantitative estimate of drug-likeness (QED) is 0.802. The number of carbonyl (C=O) groups excluding carboxylic acids is 2. The smallest absolute Gasteiger partial charge is 0.255 e. The van der Waals surface area contributed by atoms with Crippen molar-refractivity contribution in [3.8, 4) is 0 Å². The Morgan fingerprint density at radius 1 is 0.958 bits per heavy atom. The third-order valence-corrected chi connectivity index (χ3v) is 3.46. The number of methoxy groups -OCH3 is 1. The summed E-state index contributed by atoms with van der Waals surface area (Å²) in [5.74, 6) is -0.473. The standard InChI is InChI=1S/C19H22N2O3/c1-13-9-14(2)11-17(10-13)21-19(23)16-6-4-5-15(12-16)18(22)20-7-8-24-3/h4-6,9-12H,7-8H2,1-3H3,(H,20,22)(H,21,23). The van der Waals surface area contributed by atoms with Crippen molar-refractivity contribution < 1.29 is 14.3 Å². The highest BCUT2D eigenvalue weighted by Crippen LogP contribution is 2.15. The Bertz CT molecular complexity index is 721. The summed E-state index contributed by atoms with van der Waals surface area (Å²) in [5.41, 5.74) is 3.79. The molecule has 0 aromatic heterocycles. The maximum Gasteiger partial charge on any atom is 0.255 e. The predicted octanol–water partition coefficient (Wildman–Crippen LogP) is 2.93. The van der Waals surface area contributed by atoms with Crippen molar-refractivity contribution in [3.05, 3.63) is 64.7 Å². The molecule has 5 nitrogen and oxygen atoms in total. The van der Waals surface area contributed by atoms with Crippen molar-refractivity contribution in [1.29, 1.82) is 0 Å². The molecule has 0 bridgehead atoms. The highest BCUT2D eigenvalue weighted by atomic mass is 16.5. The van der Waals surface area contributed by atoms with Crippen LogP contribution in [0.5, 0.6) is 0 Å². The number of benzene rings is 2. The minimum atomic E-state index is -0.244. The van der Waals surface area contributed by atoms with Crippen molar-refractivity contribution in [2.45, 2.75) is 13.8 Å². The third-order valence-electron chi connectivity index (χ3n) is 3.46. The molecular formula is C19H22N2O3. The van der Waals surface area contributed by atoms with Crippen molar-refractivity contribution >= 4 is 17.5 Å². The SMILES string of the molecule is COCCNC(=O)c1cccc(C(=O)Nc2cc(C)cc(C)c2)c1. The molecule has 0 aliphatic carbocycles. The first kappa shape index (κ1) is 17.7. The summed E-state index contributed by atoms with van der Waals surface area (Å²) in [7, 11) is 1.57. The zero-order valence-corrected chi connectivity index (χ0v) is 14.2. The lowest BCUT2D eigenvalue weighted by atomic mass is 10.1. The van der Waals surface area contributed by atoms with Gasteiger partial charge < -0.3 is 15.4 Å². The Kier molecular flexibility index (Phi) is 6.09. The summed E-state index contributed by atoms with van der Waals surface area (Å²) >= 11 is 0. The number of hydrogen-bond donors (Lipinski definition) is 2. The van der Waals surface area contributed by atoms with Gasteiger partial charge in [0, 0.05) is 30.5 Å². The van der Waals surface area contributed by atoms with E-state index < -0.39 is 0 Å². The molecule has 2 aromatic rings. The molecule has 0 heterocycles. The molecule has 0 spiro atoms. The van der Waals surface area contributed by atoms with Crippen LogP contribution in [-0.2, 0) is 4.74 Å². The molecular weight excluding hydrogens is 304 g/mol.